The van der Waals surface area contributed by atoms with Crippen LogP contribution < -0.4 is 29.7 Å². The van der Waals surface area contributed by atoms with Crippen molar-refractivity contribution in [1.82, 2.24) is 10.6 Å². The molecule has 142 valence electrons. The normalized spacial score (nSPS) is 17.5. The number of nitrogens with one attached hydrogen (secondary N) is 2. The maximum Gasteiger partial charge on any atom is 0.576 e. The summed E-state index contributed by atoms with van der Waals surface area (Å²) >= 11 is 0. The van der Waals surface area contributed by atoms with Crippen molar-refractivity contribution in [2.45, 2.75) is 0 Å². The van der Waals surface area contributed by atoms with Gasteiger partial charge in [-0.25, -0.2) is 0 Å². The highest BCUT2D eigenvalue weighted by molar-refractivity contribution is 6.20. The third-order valence-electron chi connectivity index (χ3n) is 5.09. The molecule has 0 unspecified atom stereocenters. The highest BCUT2D eigenvalue weighted by Crippen LogP contribution is 2.21. The molecule has 2 aromatic carbocycles. The predicted octanol–water partition coefficient (Wildman–Crippen LogP) is 1.23. The summed E-state index contributed by atoms with van der Waals surface area (Å²) < 4.78 is 11.5. The summed E-state index contributed by atoms with van der Waals surface area (Å²) in [5.41, 5.74) is 2.49. The van der Waals surface area contributed by atoms with Crippen LogP contribution in [0.1, 0.15) is 0 Å². The molecule has 0 amide bonds. The third kappa shape index (κ3) is 4.87. The second-order valence-electron chi connectivity index (χ2n) is 6.87. The van der Waals surface area contributed by atoms with Crippen LogP contribution in [-0.4, -0.2) is 60.0 Å². The molecule has 2 saturated heterocycles. The van der Waals surface area contributed by atoms with Crippen LogP contribution in [0.15, 0.2) is 48.5 Å². The number of rotatable bonds is 6. The summed E-state index contributed by atoms with van der Waals surface area (Å²) in [4.78, 5) is 4.77. The van der Waals surface area contributed by atoms with Crippen LogP contribution in [-0.2, 0) is 0 Å². The molecule has 0 bridgehead atoms. The van der Waals surface area contributed by atoms with Crippen molar-refractivity contribution in [2.24, 2.45) is 0 Å². The first kappa shape index (κ1) is 18.0. The molecule has 27 heavy (non-hydrogen) atoms. The molecule has 2 aliphatic heterocycles. The van der Waals surface area contributed by atoms with E-state index in [1.807, 2.05) is 24.3 Å². The first-order chi connectivity index (χ1) is 13.4. The fraction of sp³-hybridized carbons (Fsp3) is 0.400. The molecule has 7 heteroatoms. The molecule has 0 aliphatic carbocycles. The molecule has 0 saturated carbocycles. The highest BCUT2D eigenvalue weighted by Gasteiger charge is 2.11. The summed E-state index contributed by atoms with van der Waals surface area (Å²) in [5.74, 6) is 1.65. The number of nitrogens with zero attached hydrogens (tertiary/aromatic N) is 2. The van der Waals surface area contributed by atoms with Crippen LogP contribution in [0.5, 0.6) is 11.5 Å². The Kier molecular flexibility index (Phi) is 6.01. The summed E-state index contributed by atoms with van der Waals surface area (Å²) in [6, 6.07) is 16.5. The third-order valence-corrected chi connectivity index (χ3v) is 5.09. The zero-order valence-corrected chi connectivity index (χ0v) is 15.7. The van der Waals surface area contributed by atoms with Crippen molar-refractivity contribution in [2.75, 3.05) is 62.2 Å². The fourth-order valence-corrected chi connectivity index (χ4v) is 3.52. The van der Waals surface area contributed by atoms with Gasteiger partial charge < -0.3 is 29.7 Å². The lowest BCUT2D eigenvalue weighted by Gasteiger charge is -2.29. The van der Waals surface area contributed by atoms with Gasteiger partial charge in [-0.15, -0.1) is 0 Å². The van der Waals surface area contributed by atoms with E-state index in [4.69, 9.17) is 9.31 Å². The Morgan fingerprint density at radius 3 is 1.33 bits per heavy atom. The standard InChI is InChI=1S/C20H27BN4O2/c1-5-19(6-2-17(1)24-13-9-22-10-14-24)26-21-27-20-7-3-18(4-8-20)25-15-11-23-12-16-25/h1-8,21-23H,9-16H2. The van der Waals surface area contributed by atoms with Gasteiger partial charge in [0.1, 0.15) is 11.5 Å². The number of benzene rings is 2. The number of anilines is 2. The van der Waals surface area contributed by atoms with Crippen molar-refractivity contribution in [3.05, 3.63) is 48.5 Å². The minimum atomic E-state index is 0.208. The van der Waals surface area contributed by atoms with Gasteiger partial charge in [-0.3, -0.25) is 0 Å². The molecule has 6 nitrogen and oxygen atoms in total. The van der Waals surface area contributed by atoms with Crippen molar-refractivity contribution < 1.29 is 9.31 Å². The van der Waals surface area contributed by atoms with Gasteiger partial charge in [-0.05, 0) is 48.5 Å². The molecule has 2 aliphatic rings. The first-order valence-electron chi connectivity index (χ1n) is 9.75. The minimum Gasteiger partial charge on any atom is -0.529 e. The molecule has 2 N–H and O–H groups in total. The Morgan fingerprint density at radius 1 is 0.593 bits per heavy atom. The second-order valence-corrected chi connectivity index (χ2v) is 6.87. The van der Waals surface area contributed by atoms with Gasteiger partial charge in [-0.1, -0.05) is 0 Å². The van der Waals surface area contributed by atoms with Crippen LogP contribution in [0.2, 0.25) is 0 Å². The topological polar surface area (TPSA) is 49.0 Å². The zero-order chi connectivity index (χ0) is 18.3. The lowest BCUT2D eigenvalue weighted by molar-refractivity contribution is 0.459. The van der Waals surface area contributed by atoms with E-state index in [2.05, 4.69) is 44.7 Å². The molecule has 2 fully saturated rings. The van der Waals surface area contributed by atoms with Crippen molar-refractivity contribution in [3.63, 3.8) is 0 Å². The van der Waals surface area contributed by atoms with Gasteiger partial charge in [0.05, 0.1) is 0 Å². The van der Waals surface area contributed by atoms with E-state index in [0.717, 1.165) is 63.9 Å². The molecule has 0 atom stereocenters. The fourth-order valence-electron chi connectivity index (χ4n) is 3.52. The maximum absolute atomic E-state index is 5.73. The van der Waals surface area contributed by atoms with Crippen LogP contribution in [0.4, 0.5) is 11.4 Å². The molecule has 0 radical (unpaired) electrons. The molecular weight excluding hydrogens is 339 g/mol. The summed E-state index contributed by atoms with van der Waals surface area (Å²) in [5, 5.41) is 6.75. The van der Waals surface area contributed by atoms with E-state index in [1.165, 1.54) is 11.4 Å². The van der Waals surface area contributed by atoms with E-state index in [-0.39, 0.29) is 7.69 Å². The average Bonchev–Trinajstić information content (AvgIpc) is 2.76. The lowest BCUT2D eigenvalue weighted by Crippen LogP contribution is -2.43. The Hall–Kier alpha value is -2.38. The van der Waals surface area contributed by atoms with Crippen LogP contribution in [0.25, 0.3) is 0 Å². The van der Waals surface area contributed by atoms with Crippen LogP contribution in [0.3, 0.4) is 0 Å². The second kappa shape index (κ2) is 9.02. The van der Waals surface area contributed by atoms with E-state index in [0.29, 0.717) is 0 Å². The van der Waals surface area contributed by atoms with Gasteiger partial charge in [0, 0.05) is 63.7 Å². The zero-order valence-electron chi connectivity index (χ0n) is 15.7. The average molecular weight is 366 g/mol. The Balaban J connectivity index is 1.24. The monoisotopic (exact) mass is 366 g/mol. The molecule has 2 aromatic rings. The van der Waals surface area contributed by atoms with Crippen LogP contribution in [0, 0.1) is 0 Å². The molecular formula is C20H27BN4O2. The SMILES string of the molecule is B(Oc1ccc(N2CCNCC2)cc1)Oc1ccc(N2CCNCC2)cc1. The van der Waals surface area contributed by atoms with Gasteiger partial charge in [0.25, 0.3) is 0 Å². The van der Waals surface area contributed by atoms with Gasteiger partial charge in [0.15, 0.2) is 0 Å². The molecule has 0 spiro atoms. The molecule has 2 heterocycles. The van der Waals surface area contributed by atoms with E-state index in [1.54, 1.807) is 0 Å². The number of hydrogen-bond donors (Lipinski definition) is 2. The van der Waals surface area contributed by atoms with Gasteiger partial charge in [-0.2, -0.15) is 0 Å². The van der Waals surface area contributed by atoms with Crippen LogP contribution >= 0.6 is 0 Å². The summed E-state index contributed by atoms with van der Waals surface area (Å²) in [7, 11) is 0.208. The largest absolute Gasteiger partial charge is 0.576 e. The molecule has 4 rings (SSSR count). The van der Waals surface area contributed by atoms with E-state index >= 15 is 0 Å². The number of hydrogen-bond acceptors (Lipinski definition) is 6. The summed E-state index contributed by atoms with van der Waals surface area (Å²) in [6.45, 7) is 8.36. The van der Waals surface area contributed by atoms with E-state index < -0.39 is 0 Å². The smallest absolute Gasteiger partial charge is 0.529 e. The summed E-state index contributed by atoms with van der Waals surface area (Å²) in [6.07, 6.45) is 0. The first-order valence-corrected chi connectivity index (χ1v) is 9.75. The quantitative estimate of drug-likeness (QED) is 0.751. The number of piperazine rings is 2. The van der Waals surface area contributed by atoms with Gasteiger partial charge in [0.2, 0.25) is 0 Å². The Labute approximate surface area is 161 Å². The van der Waals surface area contributed by atoms with Crippen molar-refractivity contribution in [1.29, 1.82) is 0 Å². The van der Waals surface area contributed by atoms with E-state index in [9.17, 15) is 0 Å². The highest BCUT2D eigenvalue weighted by atomic mass is 16.6. The lowest BCUT2D eigenvalue weighted by atomic mass is 10.2. The maximum atomic E-state index is 5.73. The molecule has 0 aromatic heterocycles. The van der Waals surface area contributed by atoms with Gasteiger partial charge >= 0.3 is 7.69 Å². The Bertz CT molecular complexity index is 637. The Morgan fingerprint density at radius 2 is 0.963 bits per heavy atom. The van der Waals surface area contributed by atoms with Crippen molar-refractivity contribution in [3.8, 4) is 11.5 Å². The predicted molar refractivity (Wildman–Crippen MR) is 111 cm³/mol. The minimum absolute atomic E-state index is 0.208. The van der Waals surface area contributed by atoms with Crippen molar-refractivity contribution >= 4 is 19.1 Å².